The van der Waals surface area contributed by atoms with E-state index in [9.17, 15) is 10.2 Å². The van der Waals surface area contributed by atoms with Gasteiger partial charge < -0.3 is 15.1 Å². The van der Waals surface area contributed by atoms with Gasteiger partial charge in [-0.2, -0.15) is 0 Å². The van der Waals surface area contributed by atoms with Crippen molar-refractivity contribution in [2.24, 2.45) is 17.3 Å². The molecule has 0 aliphatic heterocycles. The molecule has 0 aromatic heterocycles. The molecule has 2 aromatic carbocycles. The first-order valence-electron chi connectivity index (χ1n) is 11.3. The fraction of sp³-hybridized carbons (Fsp3) is 0.481. The minimum absolute atomic E-state index is 0.0228. The first-order chi connectivity index (χ1) is 14.4. The molecule has 0 amide bonds. The highest BCUT2D eigenvalue weighted by molar-refractivity contribution is 5.59. The van der Waals surface area contributed by atoms with E-state index in [2.05, 4.69) is 62.3 Å². The molecular weight excluding hydrogens is 370 g/mol. The molecule has 5 atom stereocenters. The van der Waals surface area contributed by atoms with Crippen molar-refractivity contribution >= 4 is 11.8 Å². The van der Waals surface area contributed by atoms with Crippen LogP contribution in [0.1, 0.15) is 55.2 Å². The maximum atomic E-state index is 11.4. The van der Waals surface area contributed by atoms with Crippen LogP contribution in [-0.2, 0) is 6.42 Å². The van der Waals surface area contributed by atoms with Crippen molar-refractivity contribution in [3.05, 3.63) is 64.7 Å². The van der Waals surface area contributed by atoms with Gasteiger partial charge in [-0.15, -0.1) is 0 Å². The van der Waals surface area contributed by atoms with Crippen molar-refractivity contribution in [3.63, 3.8) is 0 Å². The number of phenols is 1. The van der Waals surface area contributed by atoms with Gasteiger partial charge in [-0.05, 0) is 96.4 Å². The smallest absolute Gasteiger partial charge is 0.115 e. The second kappa shape index (κ2) is 7.16. The molecule has 2 aromatic rings. The number of benzene rings is 2. The summed E-state index contributed by atoms with van der Waals surface area (Å²) in [6.45, 7) is 2.32. The van der Waals surface area contributed by atoms with Crippen LogP contribution in [-0.4, -0.2) is 30.4 Å². The number of phenolic OH excluding ortho intramolecular Hbond substituents is 1. The number of aryl methyl sites for hydroxylation is 1. The molecule has 3 aliphatic rings. The molecule has 0 heterocycles. The Bertz CT molecular complexity index is 977. The number of hydrogen-bond acceptors (Lipinski definition) is 3. The zero-order valence-electron chi connectivity index (χ0n) is 18.3. The van der Waals surface area contributed by atoms with Gasteiger partial charge in [-0.1, -0.05) is 31.2 Å². The Hall–Kier alpha value is -2.26. The lowest BCUT2D eigenvalue weighted by atomic mass is 9.55. The third-order valence-electron chi connectivity index (χ3n) is 8.34. The van der Waals surface area contributed by atoms with Crippen LogP contribution < -0.4 is 4.90 Å². The Morgan fingerprint density at radius 2 is 1.83 bits per heavy atom. The first kappa shape index (κ1) is 19.7. The topological polar surface area (TPSA) is 43.7 Å². The van der Waals surface area contributed by atoms with E-state index in [1.165, 1.54) is 34.4 Å². The lowest BCUT2D eigenvalue weighted by molar-refractivity contribution is -0.0158. The SMILES string of the molecule is CN(C)c1ccc(/C=C2\CC3C4CCc5cc(O)ccc5C4CC[C@]3(C)[C@H]2O)cc1. The molecule has 158 valence electrons. The molecule has 3 heteroatoms. The third-order valence-corrected chi connectivity index (χ3v) is 8.34. The van der Waals surface area contributed by atoms with E-state index < -0.39 is 0 Å². The molecule has 5 rings (SSSR count). The number of aliphatic hydroxyl groups excluding tert-OH is 1. The summed E-state index contributed by atoms with van der Waals surface area (Å²) in [5.74, 6) is 2.10. The summed E-state index contributed by atoms with van der Waals surface area (Å²) in [4.78, 5) is 2.11. The van der Waals surface area contributed by atoms with E-state index in [4.69, 9.17) is 0 Å². The normalized spacial score (nSPS) is 33.7. The maximum absolute atomic E-state index is 11.4. The zero-order valence-corrected chi connectivity index (χ0v) is 18.3. The summed E-state index contributed by atoms with van der Waals surface area (Å²) >= 11 is 0. The predicted molar refractivity (Wildman–Crippen MR) is 123 cm³/mol. The minimum atomic E-state index is -0.349. The second-order valence-corrected chi connectivity index (χ2v) is 10.2. The first-order valence-corrected chi connectivity index (χ1v) is 11.3. The van der Waals surface area contributed by atoms with E-state index in [-0.39, 0.29) is 11.5 Å². The summed E-state index contributed by atoms with van der Waals surface area (Å²) in [5.41, 5.74) is 6.33. The van der Waals surface area contributed by atoms with Gasteiger partial charge in [0, 0.05) is 25.2 Å². The van der Waals surface area contributed by atoms with Crippen LogP contribution >= 0.6 is 0 Å². The Morgan fingerprint density at radius 3 is 2.57 bits per heavy atom. The molecular formula is C27H33NO2. The average Bonchev–Trinajstić information content (AvgIpc) is 2.98. The van der Waals surface area contributed by atoms with Crippen LogP contribution in [0.3, 0.4) is 0 Å². The Morgan fingerprint density at radius 1 is 1.07 bits per heavy atom. The van der Waals surface area contributed by atoms with E-state index in [0.717, 1.165) is 25.7 Å². The van der Waals surface area contributed by atoms with Gasteiger partial charge in [0.1, 0.15) is 5.75 Å². The van der Waals surface area contributed by atoms with Gasteiger partial charge in [-0.25, -0.2) is 0 Å². The van der Waals surface area contributed by atoms with Crippen LogP contribution in [0.2, 0.25) is 0 Å². The highest BCUT2D eigenvalue weighted by atomic mass is 16.3. The molecule has 0 saturated heterocycles. The van der Waals surface area contributed by atoms with Gasteiger partial charge in [-0.3, -0.25) is 0 Å². The molecule has 3 unspecified atom stereocenters. The average molecular weight is 404 g/mol. The van der Waals surface area contributed by atoms with E-state index in [1.807, 2.05) is 12.1 Å². The summed E-state index contributed by atoms with van der Waals surface area (Å²) in [6, 6.07) is 14.6. The number of aromatic hydroxyl groups is 1. The zero-order chi connectivity index (χ0) is 21.0. The summed E-state index contributed by atoms with van der Waals surface area (Å²) in [7, 11) is 4.11. The number of nitrogens with zero attached hydrogens (tertiary/aromatic N) is 1. The Balaban J connectivity index is 1.44. The quantitative estimate of drug-likeness (QED) is 0.709. The molecule has 0 spiro atoms. The lowest BCUT2D eigenvalue weighted by Gasteiger charge is -2.49. The molecule has 2 N–H and O–H groups in total. The maximum Gasteiger partial charge on any atom is 0.115 e. The van der Waals surface area contributed by atoms with Crippen molar-refractivity contribution < 1.29 is 10.2 Å². The van der Waals surface area contributed by atoms with E-state index >= 15 is 0 Å². The van der Waals surface area contributed by atoms with Gasteiger partial charge in [0.15, 0.2) is 0 Å². The molecule has 2 fully saturated rings. The van der Waals surface area contributed by atoms with Crippen LogP contribution in [0.25, 0.3) is 6.08 Å². The molecule has 30 heavy (non-hydrogen) atoms. The fourth-order valence-electron chi connectivity index (χ4n) is 6.65. The van der Waals surface area contributed by atoms with Crippen molar-refractivity contribution in [1.29, 1.82) is 0 Å². The summed E-state index contributed by atoms with van der Waals surface area (Å²) < 4.78 is 0. The van der Waals surface area contributed by atoms with Crippen LogP contribution in [0.15, 0.2) is 48.0 Å². The fourth-order valence-corrected chi connectivity index (χ4v) is 6.65. The van der Waals surface area contributed by atoms with Crippen LogP contribution in [0.5, 0.6) is 5.75 Å². The Labute approximate surface area is 180 Å². The van der Waals surface area contributed by atoms with Crippen molar-refractivity contribution in [1.82, 2.24) is 0 Å². The van der Waals surface area contributed by atoms with E-state index in [0.29, 0.717) is 23.5 Å². The van der Waals surface area contributed by atoms with Gasteiger partial charge in [0.2, 0.25) is 0 Å². The molecule has 0 radical (unpaired) electrons. The van der Waals surface area contributed by atoms with E-state index in [1.54, 1.807) is 0 Å². The van der Waals surface area contributed by atoms with Crippen LogP contribution in [0, 0.1) is 17.3 Å². The predicted octanol–water partition coefficient (Wildman–Crippen LogP) is 5.37. The Kier molecular flexibility index (Phi) is 4.70. The standard InChI is InChI=1S/C27H33NO2/c1-27-13-12-23-22-11-9-21(29)15-18(22)6-10-24(23)25(27)16-19(26(27)30)14-17-4-7-20(8-5-17)28(2)3/h4-5,7-9,11,14-15,23-26,29-30H,6,10,12-13,16H2,1-3H3/b19-14+/t23?,24?,25?,26-,27-/m0/s1. The number of hydrogen-bond donors (Lipinski definition) is 2. The van der Waals surface area contributed by atoms with Crippen molar-refractivity contribution in [3.8, 4) is 5.75 Å². The molecule has 3 nitrogen and oxygen atoms in total. The monoisotopic (exact) mass is 403 g/mol. The highest BCUT2D eigenvalue weighted by Gasteiger charge is 2.56. The minimum Gasteiger partial charge on any atom is -0.508 e. The third kappa shape index (κ3) is 3.06. The second-order valence-electron chi connectivity index (χ2n) is 10.2. The molecule has 2 saturated carbocycles. The van der Waals surface area contributed by atoms with Gasteiger partial charge >= 0.3 is 0 Å². The summed E-state index contributed by atoms with van der Waals surface area (Å²) in [5, 5.41) is 21.2. The van der Waals surface area contributed by atoms with Gasteiger partial charge in [0.05, 0.1) is 6.10 Å². The lowest BCUT2D eigenvalue weighted by Crippen LogP contribution is -2.44. The molecule has 0 bridgehead atoms. The largest absolute Gasteiger partial charge is 0.508 e. The highest BCUT2D eigenvalue weighted by Crippen LogP contribution is 2.62. The van der Waals surface area contributed by atoms with Crippen molar-refractivity contribution in [2.75, 3.05) is 19.0 Å². The van der Waals surface area contributed by atoms with Gasteiger partial charge in [0.25, 0.3) is 0 Å². The number of aliphatic hydroxyl groups is 1. The number of rotatable bonds is 2. The number of anilines is 1. The van der Waals surface area contributed by atoms with Crippen molar-refractivity contribution in [2.45, 2.75) is 51.0 Å². The molecule has 3 aliphatic carbocycles. The van der Waals surface area contributed by atoms with Crippen LogP contribution in [0.4, 0.5) is 5.69 Å². The number of fused-ring (bicyclic) bond motifs is 5. The summed E-state index contributed by atoms with van der Waals surface area (Å²) in [6.07, 6.45) is 7.30.